The van der Waals surface area contributed by atoms with E-state index in [2.05, 4.69) is 9.97 Å². The van der Waals surface area contributed by atoms with Crippen molar-refractivity contribution in [2.24, 2.45) is 5.73 Å². The second-order valence-corrected chi connectivity index (χ2v) is 7.82. The molecule has 2 aromatic carbocycles. The molecule has 0 aliphatic heterocycles. The van der Waals surface area contributed by atoms with E-state index in [9.17, 15) is 10.2 Å². The van der Waals surface area contributed by atoms with Crippen molar-refractivity contribution in [3.8, 4) is 11.5 Å². The van der Waals surface area contributed by atoms with Gasteiger partial charge in [-0.1, -0.05) is 42.3 Å². The minimum Gasteiger partial charge on any atom is -0.505 e. The molecule has 4 aromatic rings. The average molecular weight is 444 g/mol. The molecule has 0 aliphatic rings. The van der Waals surface area contributed by atoms with Gasteiger partial charge in [-0.05, 0) is 55.7 Å². The van der Waals surface area contributed by atoms with Gasteiger partial charge in [-0.3, -0.25) is 0 Å². The first-order chi connectivity index (χ1) is 14.3. The third kappa shape index (κ3) is 4.29. The lowest BCUT2D eigenvalue weighted by atomic mass is 10.0. The second kappa shape index (κ2) is 9.04. The molecule has 0 fully saturated rings. The van der Waals surface area contributed by atoms with Crippen LogP contribution in [0, 0.1) is 13.8 Å². The van der Waals surface area contributed by atoms with Gasteiger partial charge in [0.1, 0.15) is 16.8 Å². The predicted molar refractivity (Wildman–Crippen MR) is 124 cm³/mol. The van der Waals surface area contributed by atoms with E-state index in [0.717, 1.165) is 39.7 Å². The van der Waals surface area contributed by atoms with Gasteiger partial charge in [0.05, 0.1) is 15.7 Å². The Balaban J connectivity index is 0.000000171. The maximum atomic E-state index is 9.90. The van der Waals surface area contributed by atoms with Crippen molar-refractivity contribution in [1.29, 1.82) is 0 Å². The highest BCUT2D eigenvalue weighted by atomic mass is 35.5. The first-order valence-corrected chi connectivity index (χ1v) is 10.3. The number of halogens is 2. The molecule has 0 aliphatic carbocycles. The number of aromatic nitrogens is 2. The number of rotatable bonds is 2. The largest absolute Gasteiger partial charge is 0.505 e. The number of aromatic hydroxyl groups is 2. The molecule has 0 bridgehead atoms. The van der Waals surface area contributed by atoms with Gasteiger partial charge in [0.15, 0.2) is 5.75 Å². The number of fused-ring (bicyclic) bond motifs is 2. The van der Waals surface area contributed by atoms with Crippen LogP contribution in [0.2, 0.25) is 10.0 Å². The molecule has 7 heteroatoms. The van der Waals surface area contributed by atoms with Crippen molar-refractivity contribution in [3.63, 3.8) is 0 Å². The molecule has 156 valence electrons. The Kier molecular flexibility index (Phi) is 6.66. The summed E-state index contributed by atoms with van der Waals surface area (Å²) in [6.07, 6.45) is 0.805. The topological polar surface area (TPSA) is 92.3 Å². The van der Waals surface area contributed by atoms with E-state index in [1.54, 1.807) is 0 Å². The van der Waals surface area contributed by atoms with E-state index in [1.807, 2.05) is 51.1 Å². The maximum Gasteiger partial charge on any atom is 0.160 e. The number of hydrogen-bond donors (Lipinski definition) is 3. The van der Waals surface area contributed by atoms with Crippen molar-refractivity contribution in [2.75, 3.05) is 0 Å². The van der Waals surface area contributed by atoms with Crippen LogP contribution in [0.25, 0.3) is 21.8 Å². The summed E-state index contributed by atoms with van der Waals surface area (Å²) in [4.78, 5) is 8.64. The van der Waals surface area contributed by atoms with Crippen LogP contribution in [0.1, 0.15) is 29.4 Å². The molecular formula is C23H23Cl2N3O2. The molecule has 4 N–H and O–H groups in total. The molecular weight excluding hydrogens is 421 g/mol. The first kappa shape index (κ1) is 22.1. The summed E-state index contributed by atoms with van der Waals surface area (Å²) in [6, 6.07) is 11.1. The van der Waals surface area contributed by atoms with Gasteiger partial charge in [-0.25, -0.2) is 9.97 Å². The van der Waals surface area contributed by atoms with Crippen LogP contribution >= 0.6 is 23.2 Å². The fourth-order valence-corrected chi connectivity index (χ4v) is 3.73. The first-order valence-electron chi connectivity index (χ1n) is 9.52. The molecule has 5 nitrogen and oxygen atoms in total. The van der Waals surface area contributed by atoms with Crippen molar-refractivity contribution in [2.45, 2.75) is 33.7 Å². The van der Waals surface area contributed by atoms with E-state index in [4.69, 9.17) is 28.9 Å². The fourth-order valence-electron chi connectivity index (χ4n) is 3.21. The number of phenols is 2. The summed E-state index contributed by atoms with van der Waals surface area (Å²) in [7, 11) is 0. The van der Waals surface area contributed by atoms with E-state index in [-0.39, 0.29) is 16.5 Å². The van der Waals surface area contributed by atoms with Crippen LogP contribution in [0.15, 0.2) is 36.4 Å². The lowest BCUT2D eigenvalue weighted by Crippen LogP contribution is -2.00. The van der Waals surface area contributed by atoms with Crippen LogP contribution in [-0.4, -0.2) is 20.2 Å². The van der Waals surface area contributed by atoms with Crippen LogP contribution in [0.5, 0.6) is 11.5 Å². The molecule has 0 atom stereocenters. The van der Waals surface area contributed by atoms with Gasteiger partial charge in [-0.2, -0.15) is 0 Å². The SMILES string of the molecule is CCc1ccc2c(Cl)cc(Cl)c(O)c2n1.Cc1cc(C)c2ccc(CN)nc2c1O. The van der Waals surface area contributed by atoms with Crippen molar-refractivity contribution in [3.05, 3.63) is 69.0 Å². The normalized spacial score (nSPS) is 10.9. The second-order valence-electron chi connectivity index (χ2n) is 7.00. The van der Waals surface area contributed by atoms with Crippen LogP contribution in [0.3, 0.4) is 0 Å². The molecule has 0 amide bonds. The maximum absolute atomic E-state index is 9.90. The Bertz CT molecular complexity index is 1150. The zero-order valence-electron chi connectivity index (χ0n) is 17.0. The van der Waals surface area contributed by atoms with Crippen molar-refractivity contribution in [1.82, 2.24) is 9.97 Å². The van der Waals surface area contributed by atoms with Crippen molar-refractivity contribution < 1.29 is 10.2 Å². The summed E-state index contributed by atoms with van der Waals surface area (Å²) >= 11 is 11.8. The lowest BCUT2D eigenvalue weighted by molar-refractivity contribution is 0.476. The number of aryl methyl sites for hydroxylation is 3. The summed E-state index contributed by atoms with van der Waals surface area (Å²) in [5.41, 5.74) is 10.3. The number of nitrogens with zero attached hydrogens (tertiary/aromatic N) is 2. The Morgan fingerprint density at radius 3 is 2.07 bits per heavy atom. The van der Waals surface area contributed by atoms with E-state index in [0.29, 0.717) is 22.6 Å². The van der Waals surface area contributed by atoms with Crippen molar-refractivity contribution >= 4 is 45.0 Å². The molecule has 4 rings (SSSR count). The minimum atomic E-state index is -0.00799. The van der Waals surface area contributed by atoms with E-state index >= 15 is 0 Å². The van der Waals surface area contributed by atoms with Gasteiger partial charge >= 0.3 is 0 Å². The summed E-state index contributed by atoms with van der Waals surface area (Å²) in [5, 5.41) is 22.1. The highest BCUT2D eigenvalue weighted by Crippen LogP contribution is 2.36. The number of hydrogen-bond acceptors (Lipinski definition) is 5. The van der Waals surface area contributed by atoms with E-state index in [1.165, 1.54) is 6.07 Å². The third-order valence-corrected chi connectivity index (χ3v) is 5.49. The predicted octanol–water partition coefficient (Wildman–Crippen LogP) is 5.83. The van der Waals surface area contributed by atoms with Crippen LogP contribution in [0.4, 0.5) is 0 Å². The van der Waals surface area contributed by atoms with Crippen LogP contribution < -0.4 is 5.73 Å². The highest BCUT2D eigenvalue weighted by Gasteiger charge is 2.11. The quantitative estimate of drug-likeness (QED) is 0.362. The zero-order valence-corrected chi connectivity index (χ0v) is 18.5. The summed E-state index contributed by atoms with van der Waals surface area (Å²) < 4.78 is 0. The molecule has 2 aromatic heterocycles. The lowest BCUT2D eigenvalue weighted by Gasteiger charge is -2.08. The monoisotopic (exact) mass is 443 g/mol. The highest BCUT2D eigenvalue weighted by molar-refractivity contribution is 6.39. The van der Waals surface area contributed by atoms with Crippen LogP contribution in [-0.2, 0) is 13.0 Å². The molecule has 30 heavy (non-hydrogen) atoms. The molecule has 2 heterocycles. The number of benzene rings is 2. The van der Waals surface area contributed by atoms with E-state index < -0.39 is 0 Å². The third-order valence-electron chi connectivity index (χ3n) is 4.89. The number of nitrogens with two attached hydrogens (primary N) is 1. The summed E-state index contributed by atoms with van der Waals surface area (Å²) in [6.45, 7) is 6.27. The van der Waals surface area contributed by atoms with Gasteiger partial charge < -0.3 is 15.9 Å². The van der Waals surface area contributed by atoms with Gasteiger partial charge in [0.2, 0.25) is 0 Å². The molecule has 0 saturated heterocycles. The van der Waals surface area contributed by atoms with Gasteiger partial charge in [0, 0.05) is 23.0 Å². The Morgan fingerprint density at radius 1 is 0.800 bits per heavy atom. The smallest absolute Gasteiger partial charge is 0.160 e. The fraction of sp³-hybridized carbons (Fsp3) is 0.217. The van der Waals surface area contributed by atoms with Gasteiger partial charge in [-0.15, -0.1) is 0 Å². The minimum absolute atomic E-state index is 0.00799. The standard InChI is InChI=1S/C12H14N2O.C11H9Cl2NO/c1-7-5-8(2)12(15)11-10(7)4-3-9(6-13)14-11;1-2-6-3-4-7-8(12)5-9(13)11(15)10(7)14-6/h3-5,15H,6,13H2,1-2H3;3-5,15H,2H2,1H3. The summed E-state index contributed by atoms with van der Waals surface area (Å²) in [5.74, 6) is 0.247. The molecule has 0 spiro atoms. The van der Waals surface area contributed by atoms with Gasteiger partial charge in [0.25, 0.3) is 0 Å². The zero-order chi connectivity index (χ0) is 22.0. The molecule has 0 saturated carbocycles. The molecule has 0 radical (unpaired) electrons. The number of phenolic OH excluding ortho intramolecular Hbond substituents is 2. The average Bonchev–Trinajstić information content (AvgIpc) is 2.75. The Hall–Kier alpha value is -2.60. The Labute approximate surface area is 185 Å². The molecule has 0 unspecified atom stereocenters. The number of pyridine rings is 2. The Morgan fingerprint density at radius 2 is 1.40 bits per heavy atom.